The highest BCUT2D eigenvalue weighted by Crippen LogP contribution is 2.25. The van der Waals surface area contributed by atoms with Crippen molar-refractivity contribution in [1.29, 1.82) is 0 Å². The van der Waals surface area contributed by atoms with Gasteiger partial charge in [0, 0.05) is 5.02 Å². The lowest BCUT2D eigenvalue weighted by molar-refractivity contribution is 0.320. The monoisotopic (exact) mass is 241 g/mol. The minimum absolute atomic E-state index is 0.00667. The van der Waals surface area contributed by atoms with Crippen molar-refractivity contribution >= 4 is 40.0 Å². The number of hydrogen-bond donors (Lipinski definition) is 1. The molecule has 0 aliphatic rings. The maximum atomic E-state index is 13.1. The summed E-state index contributed by atoms with van der Waals surface area (Å²) in [5.74, 6) is -0.736. The van der Waals surface area contributed by atoms with E-state index in [1.165, 1.54) is 6.07 Å². The first-order valence-electron chi connectivity index (χ1n) is 3.08. The van der Waals surface area contributed by atoms with Gasteiger partial charge in [0.25, 0.3) is 0 Å². The zero-order valence-corrected chi connectivity index (χ0v) is 8.33. The Labute approximate surface area is 88.5 Å². The van der Waals surface area contributed by atoms with Gasteiger partial charge in [-0.1, -0.05) is 40.0 Å². The molecule has 0 aromatic heterocycles. The molecule has 0 heterocycles. The zero-order valence-electron chi connectivity index (χ0n) is 6.06. The Balaban J connectivity index is 3.37. The highest BCUT2D eigenvalue weighted by Gasteiger charge is 2.13. The molecule has 0 atom stereocenters. The van der Waals surface area contributed by atoms with Gasteiger partial charge in [0.2, 0.25) is 0 Å². The van der Waals surface area contributed by atoms with Crippen molar-refractivity contribution in [3.8, 4) is 0 Å². The normalized spacial score (nSPS) is 11.8. The van der Waals surface area contributed by atoms with E-state index < -0.39 is 11.0 Å². The molecule has 1 N–H and O–H groups in total. The van der Waals surface area contributed by atoms with Gasteiger partial charge in [0.15, 0.2) is 5.17 Å². The van der Waals surface area contributed by atoms with Crippen molar-refractivity contribution in [3.05, 3.63) is 33.6 Å². The SMILES string of the molecule is ON=C(Cl)c1c(F)cc(Cl)cc1Cl. The van der Waals surface area contributed by atoms with Gasteiger partial charge in [-0.2, -0.15) is 0 Å². The van der Waals surface area contributed by atoms with Crippen LogP contribution in [0.25, 0.3) is 0 Å². The zero-order chi connectivity index (χ0) is 10.0. The third-order valence-electron chi connectivity index (χ3n) is 1.30. The lowest BCUT2D eigenvalue weighted by atomic mass is 10.2. The summed E-state index contributed by atoms with van der Waals surface area (Å²) < 4.78 is 13.1. The first kappa shape index (κ1) is 10.6. The second-order valence-electron chi connectivity index (χ2n) is 2.14. The van der Waals surface area contributed by atoms with E-state index in [9.17, 15) is 4.39 Å². The van der Waals surface area contributed by atoms with Gasteiger partial charge in [-0.15, -0.1) is 0 Å². The first-order valence-corrected chi connectivity index (χ1v) is 4.22. The van der Waals surface area contributed by atoms with E-state index in [0.717, 1.165) is 6.07 Å². The van der Waals surface area contributed by atoms with Crippen LogP contribution < -0.4 is 0 Å². The average molecular weight is 242 g/mol. The van der Waals surface area contributed by atoms with Gasteiger partial charge < -0.3 is 5.21 Å². The van der Waals surface area contributed by atoms with Gasteiger partial charge in [0.05, 0.1) is 10.6 Å². The number of benzene rings is 1. The molecular weight excluding hydrogens is 239 g/mol. The lowest BCUT2D eigenvalue weighted by Crippen LogP contribution is -1.97. The molecule has 0 spiro atoms. The van der Waals surface area contributed by atoms with Crippen LogP contribution >= 0.6 is 34.8 Å². The topological polar surface area (TPSA) is 32.6 Å². The standard InChI is InChI=1S/C7H3Cl3FNO/c8-3-1-4(9)6(5(11)2-3)7(10)12-13/h1-2,13H. The van der Waals surface area contributed by atoms with Gasteiger partial charge in [-0.05, 0) is 12.1 Å². The van der Waals surface area contributed by atoms with Crippen LogP contribution in [0.3, 0.4) is 0 Å². The highest BCUT2D eigenvalue weighted by molar-refractivity contribution is 6.70. The molecule has 0 saturated carbocycles. The molecule has 0 radical (unpaired) electrons. The highest BCUT2D eigenvalue weighted by atomic mass is 35.5. The predicted octanol–water partition coefficient (Wildman–Crippen LogP) is 3.51. The molecule has 0 bridgehead atoms. The van der Waals surface area contributed by atoms with Crippen molar-refractivity contribution in [1.82, 2.24) is 0 Å². The Kier molecular flexibility index (Phi) is 3.36. The third kappa shape index (κ3) is 2.24. The van der Waals surface area contributed by atoms with E-state index in [2.05, 4.69) is 5.16 Å². The maximum absolute atomic E-state index is 13.1. The van der Waals surface area contributed by atoms with Gasteiger partial charge in [-0.3, -0.25) is 0 Å². The summed E-state index contributed by atoms with van der Waals surface area (Å²) >= 11 is 16.5. The van der Waals surface area contributed by atoms with Crippen LogP contribution in [0.4, 0.5) is 4.39 Å². The molecule has 0 saturated heterocycles. The summed E-state index contributed by atoms with van der Waals surface area (Å²) in [6, 6.07) is 2.32. The Morgan fingerprint density at radius 2 is 2.00 bits per heavy atom. The second kappa shape index (κ2) is 4.13. The van der Waals surface area contributed by atoms with E-state index >= 15 is 0 Å². The summed E-state index contributed by atoms with van der Waals surface area (Å²) in [7, 11) is 0. The fourth-order valence-electron chi connectivity index (χ4n) is 0.789. The molecule has 0 amide bonds. The van der Waals surface area contributed by atoms with Crippen LogP contribution in [0.5, 0.6) is 0 Å². The number of rotatable bonds is 1. The molecule has 2 nitrogen and oxygen atoms in total. The Hall–Kier alpha value is -0.510. The van der Waals surface area contributed by atoms with Crippen molar-refractivity contribution in [3.63, 3.8) is 0 Å². The quantitative estimate of drug-likeness (QED) is 0.456. The summed E-state index contributed by atoms with van der Waals surface area (Å²) in [4.78, 5) is 0. The first-order chi connectivity index (χ1) is 6.06. The molecule has 6 heteroatoms. The molecule has 0 fully saturated rings. The van der Waals surface area contributed by atoms with Crippen LogP contribution in [0.2, 0.25) is 10.0 Å². The van der Waals surface area contributed by atoms with Gasteiger partial charge in [0.1, 0.15) is 5.82 Å². The van der Waals surface area contributed by atoms with Crippen molar-refractivity contribution in [2.45, 2.75) is 0 Å². The van der Waals surface area contributed by atoms with Crippen LogP contribution in [-0.4, -0.2) is 10.4 Å². The van der Waals surface area contributed by atoms with Crippen LogP contribution in [0.15, 0.2) is 17.3 Å². The smallest absolute Gasteiger partial charge is 0.179 e. The van der Waals surface area contributed by atoms with E-state index in [-0.39, 0.29) is 15.6 Å². The van der Waals surface area contributed by atoms with Crippen molar-refractivity contribution in [2.24, 2.45) is 5.16 Å². The second-order valence-corrected chi connectivity index (χ2v) is 3.34. The number of hydrogen-bond acceptors (Lipinski definition) is 2. The predicted molar refractivity (Wildman–Crippen MR) is 50.6 cm³/mol. The molecule has 0 aliphatic heterocycles. The van der Waals surface area contributed by atoms with Crippen LogP contribution in [-0.2, 0) is 0 Å². The van der Waals surface area contributed by atoms with E-state index in [1.807, 2.05) is 0 Å². The fraction of sp³-hybridized carbons (Fsp3) is 0. The van der Waals surface area contributed by atoms with Crippen molar-refractivity contribution in [2.75, 3.05) is 0 Å². The Morgan fingerprint density at radius 3 is 2.46 bits per heavy atom. The minimum Gasteiger partial charge on any atom is -0.410 e. The van der Waals surface area contributed by atoms with E-state index in [0.29, 0.717) is 0 Å². The molecule has 13 heavy (non-hydrogen) atoms. The summed E-state index contributed by atoms with van der Waals surface area (Å²) in [6.07, 6.45) is 0. The third-order valence-corrected chi connectivity index (χ3v) is 2.08. The molecule has 1 rings (SSSR count). The van der Waals surface area contributed by atoms with Gasteiger partial charge in [-0.25, -0.2) is 4.39 Å². The van der Waals surface area contributed by atoms with Gasteiger partial charge >= 0.3 is 0 Å². The molecule has 0 unspecified atom stereocenters. The largest absolute Gasteiger partial charge is 0.410 e. The molecular formula is C7H3Cl3FNO. The molecule has 0 aliphatic carbocycles. The van der Waals surface area contributed by atoms with E-state index in [1.54, 1.807) is 0 Å². The number of nitrogens with zero attached hydrogens (tertiary/aromatic N) is 1. The molecule has 1 aromatic carbocycles. The van der Waals surface area contributed by atoms with Crippen molar-refractivity contribution < 1.29 is 9.60 Å². The summed E-state index contributed by atoms with van der Waals surface area (Å²) in [5, 5.41) is 10.7. The van der Waals surface area contributed by atoms with Crippen LogP contribution in [0, 0.1) is 5.82 Å². The van der Waals surface area contributed by atoms with E-state index in [4.69, 9.17) is 40.0 Å². The molecule has 1 aromatic rings. The maximum Gasteiger partial charge on any atom is 0.179 e. The number of oxime groups is 1. The summed E-state index contributed by atoms with van der Waals surface area (Å²) in [6.45, 7) is 0. The van der Waals surface area contributed by atoms with Crippen LogP contribution in [0.1, 0.15) is 5.56 Å². The summed E-state index contributed by atoms with van der Waals surface area (Å²) in [5.41, 5.74) is -0.171. The molecule has 70 valence electrons. The number of halogens is 4. The Bertz CT molecular complexity index is 344. The Morgan fingerprint density at radius 1 is 1.38 bits per heavy atom. The lowest BCUT2D eigenvalue weighted by Gasteiger charge is -2.02. The fourth-order valence-corrected chi connectivity index (χ4v) is 1.59. The minimum atomic E-state index is -0.736. The average Bonchev–Trinajstić information content (AvgIpc) is 2.02.